The van der Waals surface area contributed by atoms with Crippen molar-refractivity contribution in [1.29, 1.82) is 0 Å². The molecule has 0 aromatic heterocycles. The molecule has 194 valence electrons. The fraction of sp³-hybridized carbons (Fsp3) is 0.367. The number of rotatable bonds is 5. The summed E-state index contributed by atoms with van der Waals surface area (Å²) < 4.78 is 25.0. The van der Waals surface area contributed by atoms with E-state index in [1.54, 1.807) is 12.1 Å². The van der Waals surface area contributed by atoms with Gasteiger partial charge in [0.2, 0.25) is 11.9 Å². The lowest BCUT2D eigenvalue weighted by molar-refractivity contribution is 0.0466. The SMILES string of the molecule is C=CC(C)(C)c1c(O)cc(O)c2c1OC1c3cc(OCC=C(C)C)c4c(c3OC1C2=O)C=CC(C)(C)O4. The summed E-state index contributed by atoms with van der Waals surface area (Å²) in [6, 6.07) is 2.96. The second-order valence-corrected chi connectivity index (χ2v) is 11.0. The maximum absolute atomic E-state index is 13.7. The molecule has 5 rings (SSSR count). The normalized spacial score (nSPS) is 20.3. The molecule has 0 amide bonds. The van der Waals surface area contributed by atoms with Crippen molar-refractivity contribution in [2.45, 2.75) is 64.8 Å². The molecule has 0 fully saturated rings. The van der Waals surface area contributed by atoms with Gasteiger partial charge < -0.3 is 29.2 Å². The molecule has 2 aromatic carbocycles. The van der Waals surface area contributed by atoms with E-state index in [2.05, 4.69) is 6.58 Å². The lowest BCUT2D eigenvalue weighted by Gasteiger charge is -2.33. The molecule has 2 N–H and O–H groups in total. The lowest BCUT2D eigenvalue weighted by Crippen LogP contribution is -2.37. The Morgan fingerprint density at radius 2 is 1.81 bits per heavy atom. The molecule has 0 spiro atoms. The van der Waals surface area contributed by atoms with Crippen LogP contribution in [0.5, 0.6) is 34.5 Å². The summed E-state index contributed by atoms with van der Waals surface area (Å²) in [4.78, 5) is 13.7. The van der Waals surface area contributed by atoms with Crippen molar-refractivity contribution in [1.82, 2.24) is 0 Å². The molecule has 0 saturated carbocycles. The van der Waals surface area contributed by atoms with Gasteiger partial charge in [0, 0.05) is 22.6 Å². The topological polar surface area (TPSA) is 94.5 Å². The summed E-state index contributed by atoms with van der Waals surface area (Å²) in [5.41, 5.74) is 1.48. The number of carbonyl (C=O) groups is 1. The van der Waals surface area contributed by atoms with Gasteiger partial charge in [0.25, 0.3) is 0 Å². The third-order valence-corrected chi connectivity index (χ3v) is 6.98. The molecule has 7 nitrogen and oxygen atoms in total. The van der Waals surface area contributed by atoms with E-state index in [0.29, 0.717) is 40.5 Å². The number of ether oxygens (including phenoxy) is 4. The molecular formula is C30H32O7. The van der Waals surface area contributed by atoms with Crippen molar-refractivity contribution in [2.75, 3.05) is 6.61 Å². The molecule has 0 radical (unpaired) electrons. The minimum atomic E-state index is -1.02. The van der Waals surface area contributed by atoms with E-state index in [0.717, 1.165) is 5.57 Å². The van der Waals surface area contributed by atoms with Gasteiger partial charge in [0.15, 0.2) is 17.6 Å². The predicted molar refractivity (Wildman–Crippen MR) is 140 cm³/mol. The van der Waals surface area contributed by atoms with Crippen molar-refractivity contribution in [3.05, 3.63) is 64.8 Å². The molecule has 3 aliphatic rings. The third-order valence-electron chi connectivity index (χ3n) is 6.98. The van der Waals surface area contributed by atoms with Crippen LogP contribution in [0.25, 0.3) is 6.08 Å². The van der Waals surface area contributed by atoms with Crippen LogP contribution in [-0.2, 0) is 5.41 Å². The van der Waals surface area contributed by atoms with Crippen LogP contribution in [0, 0.1) is 0 Å². The van der Waals surface area contributed by atoms with Crippen molar-refractivity contribution in [3.8, 4) is 34.5 Å². The molecular weight excluding hydrogens is 472 g/mol. The van der Waals surface area contributed by atoms with Crippen molar-refractivity contribution in [2.24, 2.45) is 0 Å². The van der Waals surface area contributed by atoms with E-state index >= 15 is 0 Å². The summed E-state index contributed by atoms with van der Waals surface area (Å²) in [6.45, 7) is 15.8. The fourth-order valence-electron chi connectivity index (χ4n) is 4.90. The monoisotopic (exact) mass is 504 g/mol. The van der Waals surface area contributed by atoms with Gasteiger partial charge in [-0.3, -0.25) is 4.79 Å². The Hall–Kier alpha value is -3.87. The minimum Gasteiger partial charge on any atom is -0.507 e. The van der Waals surface area contributed by atoms with Crippen LogP contribution in [0.1, 0.15) is 74.7 Å². The molecule has 37 heavy (non-hydrogen) atoms. The zero-order valence-corrected chi connectivity index (χ0v) is 22.0. The first-order chi connectivity index (χ1) is 17.3. The number of allylic oxidation sites excluding steroid dienone is 2. The number of hydrogen-bond donors (Lipinski definition) is 2. The Kier molecular flexibility index (Phi) is 5.59. The highest BCUT2D eigenvalue weighted by atomic mass is 16.6. The maximum atomic E-state index is 13.7. The van der Waals surface area contributed by atoms with Crippen molar-refractivity contribution < 1.29 is 34.0 Å². The molecule has 0 aliphatic carbocycles. The number of benzene rings is 2. The van der Waals surface area contributed by atoms with Gasteiger partial charge in [-0.25, -0.2) is 0 Å². The maximum Gasteiger partial charge on any atom is 0.215 e. The first-order valence-corrected chi connectivity index (χ1v) is 12.3. The highest BCUT2D eigenvalue weighted by Gasteiger charge is 2.51. The second kappa shape index (κ2) is 8.33. The van der Waals surface area contributed by atoms with Crippen LogP contribution in [0.4, 0.5) is 0 Å². The highest BCUT2D eigenvalue weighted by molar-refractivity contribution is 6.07. The first kappa shape index (κ1) is 24.8. The van der Waals surface area contributed by atoms with Gasteiger partial charge in [-0.15, -0.1) is 6.58 Å². The number of carbonyl (C=O) groups excluding carboxylic acids is 1. The van der Waals surface area contributed by atoms with Gasteiger partial charge >= 0.3 is 0 Å². The van der Waals surface area contributed by atoms with E-state index in [-0.39, 0.29) is 22.8 Å². The molecule has 2 aromatic rings. The third kappa shape index (κ3) is 3.93. The van der Waals surface area contributed by atoms with Crippen LogP contribution in [0.2, 0.25) is 0 Å². The summed E-state index contributed by atoms with van der Waals surface area (Å²) in [5.74, 6) is 0.677. The molecule has 3 heterocycles. The Balaban J connectivity index is 1.67. The molecule has 0 saturated heterocycles. The van der Waals surface area contributed by atoms with Crippen molar-refractivity contribution >= 4 is 11.9 Å². The zero-order valence-electron chi connectivity index (χ0n) is 22.0. The van der Waals surface area contributed by atoms with E-state index in [4.69, 9.17) is 18.9 Å². The average molecular weight is 505 g/mol. The Bertz CT molecular complexity index is 1390. The summed E-state index contributed by atoms with van der Waals surface area (Å²) in [5, 5.41) is 21.4. The van der Waals surface area contributed by atoms with Crippen molar-refractivity contribution in [3.63, 3.8) is 0 Å². The largest absolute Gasteiger partial charge is 0.507 e. The average Bonchev–Trinajstić information content (AvgIpc) is 3.16. The highest BCUT2D eigenvalue weighted by Crippen LogP contribution is 2.56. The Morgan fingerprint density at radius 3 is 2.49 bits per heavy atom. The number of hydrogen-bond acceptors (Lipinski definition) is 7. The first-order valence-electron chi connectivity index (χ1n) is 12.3. The number of fused-ring (bicyclic) bond motifs is 6. The minimum absolute atomic E-state index is 0.0152. The van der Waals surface area contributed by atoms with Gasteiger partial charge in [-0.2, -0.15) is 0 Å². The van der Waals surface area contributed by atoms with E-state index in [1.807, 2.05) is 59.8 Å². The standard InChI is InChI=1S/C30H32O7/c1-8-29(4,5)22-19(32)14-18(31)21-23(33)28-26(36-27(21)22)17-13-20(34-12-10-15(2)3)25-16(24(17)35-28)9-11-30(6,7)37-25/h8-11,13-14,26,28,31-32H,1,12H2,2-7H3. The second-order valence-electron chi connectivity index (χ2n) is 11.0. The number of Topliss-reactive ketones (excluding diaryl/α,β-unsaturated/α-hetero) is 1. The van der Waals surface area contributed by atoms with Gasteiger partial charge in [0.1, 0.15) is 40.8 Å². The molecule has 0 bridgehead atoms. The summed E-state index contributed by atoms with van der Waals surface area (Å²) in [7, 11) is 0. The molecule has 2 atom stereocenters. The van der Waals surface area contributed by atoms with Crippen LogP contribution >= 0.6 is 0 Å². The number of phenols is 2. The van der Waals surface area contributed by atoms with Gasteiger partial charge in [-0.1, -0.05) is 25.5 Å². The van der Waals surface area contributed by atoms with Gasteiger partial charge in [-0.05, 0) is 52.0 Å². The Labute approximate surface area is 216 Å². The fourth-order valence-corrected chi connectivity index (χ4v) is 4.90. The van der Waals surface area contributed by atoms with E-state index in [1.165, 1.54) is 6.07 Å². The summed E-state index contributed by atoms with van der Waals surface area (Å²) in [6.07, 6.45) is 5.64. The van der Waals surface area contributed by atoms with Crippen LogP contribution in [0.3, 0.4) is 0 Å². The van der Waals surface area contributed by atoms with E-state index in [9.17, 15) is 15.0 Å². The Morgan fingerprint density at radius 1 is 1.11 bits per heavy atom. The van der Waals surface area contributed by atoms with Crippen LogP contribution < -0.4 is 18.9 Å². The zero-order chi connectivity index (χ0) is 26.9. The number of aromatic hydroxyl groups is 2. The lowest BCUT2D eigenvalue weighted by atomic mass is 9.80. The number of ketones is 1. The van der Waals surface area contributed by atoms with E-state index < -0.39 is 29.0 Å². The molecule has 2 unspecified atom stereocenters. The van der Waals surface area contributed by atoms with Crippen LogP contribution in [0.15, 0.2) is 42.5 Å². The number of phenolic OH excluding ortho intramolecular Hbond substituents is 2. The van der Waals surface area contributed by atoms with Crippen LogP contribution in [-0.4, -0.2) is 34.3 Å². The van der Waals surface area contributed by atoms with Gasteiger partial charge in [0.05, 0.1) is 5.56 Å². The molecule has 3 aliphatic heterocycles. The predicted octanol–water partition coefficient (Wildman–Crippen LogP) is 6.17. The molecule has 7 heteroatoms. The smallest absolute Gasteiger partial charge is 0.215 e. The quantitative estimate of drug-likeness (QED) is 0.470. The summed E-state index contributed by atoms with van der Waals surface area (Å²) >= 11 is 0.